The standard InChI is InChI=1S/C12H15NO3S/c1-8-6-9(10(17-8)11(14)15)16-5-4-12(2,3)7-13/h6H,4-5H2,1-3H3,(H,14,15). The molecule has 0 aliphatic heterocycles. The quantitative estimate of drug-likeness (QED) is 0.875. The van der Waals surface area contributed by atoms with Gasteiger partial charge in [0.15, 0.2) is 4.88 Å². The van der Waals surface area contributed by atoms with Gasteiger partial charge in [0.2, 0.25) is 0 Å². The molecule has 92 valence electrons. The lowest BCUT2D eigenvalue weighted by Crippen LogP contribution is -2.13. The zero-order chi connectivity index (χ0) is 13.1. The SMILES string of the molecule is Cc1cc(OCCC(C)(C)C#N)c(C(=O)O)s1. The number of rotatable bonds is 5. The molecule has 0 fully saturated rings. The molecule has 0 bridgehead atoms. The van der Waals surface area contributed by atoms with Gasteiger partial charge in [-0.1, -0.05) is 0 Å². The Hall–Kier alpha value is -1.54. The van der Waals surface area contributed by atoms with Gasteiger partial charge in [0.25, 0.3) is 0 Å². The van der Waals surface area contributed by atoms with Crippen LogP contribution in [0.4, 0.5) is 0 Å². The molecule has 0 saturated carbocycles. The van der Waals surface area contributed by atoms with E-state index in [2.05, 4.69) is 6.07 Å². The summed E-state index contributed by atoms with van der Waals surface area (Å²) in [4.78, 5) is 12.0. The van der Waals surface area contributed by atoms with Crippen LogP contribution in [0.25, 0.3) is 0 Å². The fraction of sp³-hybridized carbons (Fsp3) is 0.500. The summed E-state index contributed by atoms with van der Waals surface area (Å²) < 4.78 is 5.44. The van der Waals surface area contributed by atoms with Gasteiger partial charge in [-0.2, -0.15) is 5.26 Å². The van der Waals surface area contributed by atoms with Crippen molar-refractivity contribution in [2.75, 3.05) is 6.61 Å². The van der Waals surface area contributed by atoms with Crippen molar-refractivity contribution in [3.05, 3.63) is 15.8 Å². The van der Waals surface area contributed by atoms with Gasteiger partial charge >= 0.3 is 5.97 Å². The van der Waals surface area contributed by atoms with Crippen molar-refractivity contribution in [2.45, 2.75) is 27.2 Å². The number of carboxylic acids is 1. The van der Waals surface area contributed by atoms with Gasteiger partial charge < -0.3 is 9.84 Å². The highest BCUT2D eigenvalue weighted by Gasteiger charge is 2.19. The van der Waals surface area contributed by atoms with Crippen LogP contribution in [0.3, 0.4) is 0 Å². The Morgan fingerprint density at radius 3 is 2.82 bits per heavy atom. The Balaban J connectivity index is 2.64. The Kier molecular flexibility index (Phi) is 4.13. The topological polar surface area (TPSA) is 70.3 Å². The minimum absolute atomic E-state index is 0.220. The van der Waals surface area contributed by atoms with Crippen molar-refractivity contribution in [1.29, 1.82) is 5.26 Å². The molecule has 1 aromatic rings. The highest BCUT2D eigenvalue weighted by Crippen LogP contribution is 2.29. The van der Waals surface area contributed by atoms with Crippen molar-refractivity contribution >= 4 is 17.3 Å². The van der Waals surface area contributed by atoms with Gasteiger partial charge in [0, 0.05) is 4.88 Å². The third-order valence-electron chi connectivity index (χ3n) is 2.30. The molecule has 1 heterocycles. The second-order valence-corrected chi connectivity index (χ2v) is 5.71. The van der Waals surface area contributed by atoms with Crippen LogP contribution >= 0.6 is 11.3 Å². The first-order chi connectivity index (χ1) is 7.85. The maximum absolute atomic E-state index is 10.9. The second kappa shape index (κ2) is 5.19. The van der Waals surface area contributed by atoms with E-state index in [1.54, 1.807) is 6.07 Å². The van der Waals surface area contributed by atoms with Gasteiger partial charge in [-0.05, 0) is 33.3 Å². The fourth-order valence-electron chi connectivity index (χ4n) is 1.22. The molecular formula is C12H15NO3S. The number of ether oxygens (including phenoxy) is 1. The highest BCUT2D eigenvalue weighted by atomic mass is 32.1. The maximum atomic E-state index is 10.9. The van der Waals surface area contributed by atoms with Crippen LogP contribution in [0.5, 0.6) is 5.75 Å². The predicted octanol–water partition coefficient (Wildman–Crippen LogP) is 3.07. The molecule has 1 N–H and O–H groups in total. The van der Waals surface area contributed by atoms with E-state index in [-0.39, 0.29) is 4.88 Å². The minimum atomic E-state index is -0.974. The maximum Gasteiger partial charge on any atom is 0.349 e. The fourth-order valence-corrected chi connectivity index (χ4v) is 2.01. The molecule has 17 heavy (non-hydrogen) atoms. The first kappa shape index (κ1) is 13.5. The van der Waals surface area contributed by atoms with Crippen molar-refractivity contribution in [3.8, 4) is 11.8 Å². The minimum Gasteiger partial charge on any atom is -0.492 e. The van der Waals surface area contributed by atoms with Crippen molar-refractivity contribution in [3.63, 3.8) is 0 Å². The molecule has 0 aromatic carbocycles. The number of thiophene rings is 1. The average Bonchev–Trinajstić information content (AvgIpc) is 2.60. The van der Waals surface area contributed by atoms with E-state index >= 15 is 0 Å². The van der Waals surface area contributed by atoms with Crippen LogP contribution < -0.4 is 4.74 Å². The molecule has 0 aliphatic carbocycles. The largest absolute Gasteiger partial charge is 0.492 e. The molecule has 0 saturated heterocycles. The van der Waals surface area contributed by atoms with Crippen LogP contribution in [0, 0.1) is 23.7 Å². The summed E-state index contributed by atoms with van der Waals surface area (Å²) in [5, 5.41) is 17.8. The van der Waals surface area contributed by atoms with Crippen LogP contribution in [0.2, 0.25) is 0 Å². The van der Waals surface area contributed by atoms with E-state index in [0.29, 0.717) is 18.8 Å². The molecule has 0 unspecified atom stereocenters. The zero-order valence-electron chi connectivity index (χ0n) is 10.1. The molecule has 1 aromatic heterocycles. The van der Waals surface area contributed by atoms with E-state index in [1.165, 1.54) is 11.3 Å². The van der Waals surface area contributed by atoms with Gasteiger partial charge in [0.05, 0.1) is 18.1 Å². The summed E-state index contributed by atoms with van der Waals surface area (Å²) in [7, 11) is 0. The number of nitrogens with zero attached hydrogens (tertiary/aromatic N) is 1. The summed E-state index contributed by atoms with van der Waals surface area (Å²) in [5.74, 6) is -0.577. The molecule has 0 radical (unpaired) electrons. The molecular weight excluding hydrogens is 238 g/mol. The Labute approximate surface area is 104 Å². The van der Waals surface area contributed by atoms with Gasteiger partial charge in [-0.15, -0.1) is 11.3 Å². The summed E-state index contributed by atoms with van der Waals surface area (Å²) in [5.41, 5.74) is -0.450. The lowest BCUT2D eigenvalue weighted by molar-refractivity contribution is 0.0697. The van der Waals surface area contributed by atoms with E-state index in [9.17, 15) is 4.79 Å². The average molecular weight is 253 g/mol. The molecule has 0 amide bonds. The predicted molar refractivity (Wildman–Crippen MR) is 65.5 cm³/mol. The van der Waals surface area contributed by atoms with E-state index < -0.39 is 11.4 Å². The van der Waals surface area contributed by atoms with Gasteiger partial charge in [-0.25, -0.2) is 4.79 Å². The number of hydrogen-bond acceptors (Lipinski definition) is 4. The Bertz CT molecular complexity index is 457. The first-order valence-electron chi connectivity index (χ1n) is 5.23. The van der Waals surface area contributed by atoms with Crippen molar-refractivity contribution in [2.24, 2.45) is 5.41 Å². The number of aryl methyl sites for hydroxylation is 1. The van der Waals surface area contributed by atoms with E-state index in [0.717, 1.165) is 4.88 Å². The van der Waals surface area contributed by atoms with E-state index in [4.69, 9.17) is 15.1 Å². The van der Waals surface area contributed by atoms with Crippen molar-refractivity contribution < 1.29 is 14.6 Å². The number of aromatic carboxylic acids is 1. The number of carbonyl (C=O) groups is 1. The van der Waals surface area contributed by atoms with Crippen molar-refractivity contribution in [1.82, 2.24) is 0 Å². The highest BCUT2D eigenvalue weighted by molar-refractivity contribution is 7.14. The lowest BCUT2D eigenvalue weighted by atomic mass is 9.92. The molecule has 1 rings (SSSR count). The van der Waals surface area contributed by atoms with Crippen LogP contribution in [0.15, 0.2) is 6.07 Å². The summed E-state index contributed by atoms with van der Waals surface area (Å²) in [6.45, 7) is 5.83. The van der Waals surface area contributed by atoms with Gasteiger partial charge in [0.1, 0.15) is 5.75 Å². The number of hydrogen-bond donors (Lipinski definition) is 1. The third kappa shape index (κ3) is 3.75. The Morgan fingerprint density at radius 2 is 2.29 bits per heavy atom. The summed E-state index contributed by atoms with van der Waals surface area (Å²) in [6, 6.07) is 3.89. The second-order valence-electron chi connectivity index (χ2n) is 4.45. The molecule has 0 atom stereocenters. The van der Waals surface area contributed by atoms with Crippen LogP contribution in [0.1, 0.15) is 34.8 Å². The summed E-state index contributed by atoms with van der Waals surface area (Å²) >= 11 is 1.20. The third-order valence-corrected chi connectivity index (χ3v) is 3.32. The molecule has 4 nitrogen and oxygen atoms in total. The number of nitriles is 1. The Morgan fingerprint density at radius 1 is 1.65 bits per heavy atom. The molecule has 5 heteroatoms. The summed E-state index contributed by atoms with van der Waals surface area (Å²) in [6.07, 6.45) is 0.567. The van der Waals surface area contributed by atoms with Crippen LogP contribution in [-0.2, 0) is 0 Å². The lowest BCUT2D eigenvalue weighted by Gasteiger charge is -2.14. The van der Waals surface area contributed by atoms with Gasteiger partial charge in [-0.3, -0.25) is 0 Å². The van der Waals surface area contributed by atoms with Crippen LogP contribution in [-0.4, -0.2) is 17.7 Å². The smallest absolute Gasteiger partial charge is 0.349 e. The monoisotopic (exact) mass is 253 g/mol. The normalized spacial score (nSPS) is 10.9. The zero-order valence-corrected chi connectivity index (χ0v) is 10.9. The van der Waals surface area contributed by atoms with E-state index in [1.807, 2.05) is 20.8 Å². The number of carboxylic acid groups (broad SMARTS) is 1. The molecule has 0 spiro atoms. The molecule has 0 aliphatic rings. The first-order valence-corrected chi connectivity index (χ1v) is 6.05.